The van der Waals surface area contributed by atoms with Crippen LogP contribution in [0.5, 0.6) is 0 Å². The van der Waals surface area contributed by atoms with E-state index in [9.17, 15) is 4.79 Å². The van der Waals surface area contributed by atoms with E-state index in [4.69, 9.17) is 9.47 Å². The van der Waals surface area contributed by atoms with E-state index in [1.165, 1.54) is 0 Å². The van der Waals surface area contributed by atoms with Gasteiger partial charge in [0.15, 0.2) is 0 Å². The van der Waals surface area contributed by atoms with E-state index in [-0.39, 0.29) is 6.09 Å². The molecule has 5 heteroatoms. The largest absolute Gasteiger partial charge is 0.444 e. The Morgan fingerprint density at radius 2 is 2.07 bits per heavy atom. The van der Waals surface area contributed by atoms with Crippen LogP contribution in [0.4, 0.5) is 4.79 Å². The van der Waals surface area contributed by atoms with E-state index >= 15 is 0 Å². The number of ether oxygens (including phenoxy) is 2. The maximum atomic E-state index is 11.2. The maximum absolute atomic E-state index is 11.2. The summed E-state index contributed by atoms with van der Waals surface area (Å²) in [7, 11) is 1.67. The summed E-state index contributed by atoms with van der Waals surface area (Å²) in [6.45, 7) is 6.86. The number of rotatable bonds is 5. The molecular weight excluding hydrogens is 309 g/mol. The smallest absolute Gasteiger partial charge is 0.407 e. The third-order valence-electron chi connectivity index (χ3n) is 1.47. The summed E-state index contributed by atoms with van der Waals surface area (Å²) < 4.78 is 10.5. The fraction of sp³-hybridized carbons (Fsp3) is 0.900. The summed E-state index contributed by atoms with van der Waals surface area (Å²) in [5.74, 6) is 0. The number of alkyl halides is 1. The Kier molecular flexibility index (Phi) is 7.25. The van der Waals surface area contributed by atoms with E-state index in [2.05, 4.69) is 27.9 Å². The van der Waals surface area contributed by atoms with Crippen molar-refractivity contribution in [2.75, 3.05) is 20.3 Å². The first-order chi connectivity index (χ1) is 6.85. The summed E-state index contributed by atoms with van der Waals surface area (Å²) >= 11 is 2.30. The van der Waals surface area contributed by atoms with Gasteiger partial charge < -0.3 is 14.8 Å². The molecule has 0 fully saturated rings. The van der Waals surface area contributed by atoms with Gasteiger partial charge in [0.1, 0.15) is 5.60 Å². The van der Waals surface area contributed by atoms with Crippen molar-refractivity contribution in [2.45, 2.75) is 36.7 Å². The molecule has 0 bridgehead atoms. The van der Waals surface area contributed by atoms with E-state index in [0.29, 0.717) is 17.1 Å². The molecule has 0 aromatic heterocycles. The number of carbonyl (C=O) groups is 1. The van der Waals surface area contributed by atoms with Gasteiger partial charge in [-0.25, -0.2) is 4.79 Å². The first-order valence-corrected chi connectivity index (χ1v) is 6.19. The van der Waals surface area contributed by atoms with Gasteiger partial charge >= 0.3 is 6.09 Å². The second kappa shape index (κ2) is 7.27. The molecule has 1 atom stereocenters. The summed E-state index contributed by atoms with van der Waals surface area (Å²) in [4.78, 5) is 11.2. The molecule has 0 aliphatic rings. The highest BCUT2D eigenvalue weighted by atomic mass is 127. The lowest BCUT2D eigenvalue weighted by molar-refractivity contribution is 0.0526. The molecule has 0 rings (SSSR count). The van der Waals surface area contributed by atoms with Crippen LogP contribution in [0.2, 0.25) is 0 Å². The quantitative estimate of drug-likeness (QED) is 0.622. The van der Waals surface area contributed by atoms with Gasteiger partial charge in [-0.15, -0.1) is 0 Å². The van der Waals surface area contributed by atoms with Gasteiger partial charge in [-0.2, -0.15) is 0 Å². The summed E-state index contributed by atoms with van der Waals surface area (Å²) in [5.41, 5.74) is -0.430. The molecule has 90 valence electrons. The highest BCUT2D eigenvalue weighted by Crippen LogP contribution is 2.07. The molecular formula is C10H20INO3. The lowest BCUT2D eigenvalue weighted by atomic mass is 10.2. The van der Waals surface area contributed by atoms with E-state index in [1.54, 1.807) is 7.11 Å². The van der Waals surface area contributed by atoms with Crippen LogP contribution in [0, 0.1) is 0 Å². The average molecular weight is 329 g/mol. The van der Waals surface area contributed by atoms with Crippen molar-refractivity contribution in [3.8, 4) is 0 Å². The van der Waals surface area contributed by atoms with Crippen LogP contribution >= 0.6 is 22.6 Å². The SMILES string of the molecule is COC[C@@H](I)CCNC(=O)OC(C)(C)C. The normalized spacial score (nSPS) is 13.4. The molecule has 0 heterocycles. The van der Waals surface area contributed by atoms with Crippen LogP contribution in [-0.2, 0) is 9.47 Å². The monoisotopic (exact) mass is 329 g/mol. The molecule has 0 unspecified atom stereocenters. The van der Waals surface area contributed by atoms with Crippen LogP contribution in [0.15, 0.2) is 0 Å². The summed E-state index contributed by atoms with van der Waals surface area (Å²) in [6.07, 6.45) is 0.525. The van der Waals surface area contributed by atoms with Gasteiger partial charge in [0.05, 0.1) is 6.61 Å². The Labute approximate surface area is 105 Å². The summed E-state index contributed by atoms with van der Waals surface area (Å²) in [6, 6.07) is 0. The Morgan fingerprint density at radius 1 is 1.47 bits per heavy atom. The van der Waals surface area contributed by atoms with Gasteiger partial charge in [0, 0.05) is 17.6 Å². The second-order valence-electron chi connectivity index (χ2n) is 4.27. The number of methoxy groups -OCH3 is 1. The van der Waals surface area contributed by atoms with Crippen molar-refractivity contribution in [3.63, 3.8) is 0 Å². The Hall–Kier alpha value is -0.0400. The van der Waals surface area contributed by atoms with Gasteiger partial charge in [0.25, 0.3) is 0 Å². The predicted octanol–water partition coefficient (Wildman–Crippen LogP) is 2.35. The third kappa shape index (κ3) is 10.2. The topological polar surface area (TPSA) is 47.6 Å². The van der Waals surface area contributed by atoms with Gasteiger partial charge in [-0.3, -0.25) is 0 Å². The fourth-order valence-electron chi connectivity index (χ4n) is 0.909. The zero-order chi connectivity index (χ0) is 11.9. The highest BCUT2D eigenvalue weighted by molar-refractivity contribution is 14.1. The highest BCUT2D eigenvalue weighted by Gasteiger charge is 2.15. The molecule has 0 aromatic carbocycles. The molecule has 1 amide bonds. The molecule has 0 saturated heterocycles. The predicted molar refractivity (Wildman–Crippen MR) is 68.5 cm³/mol. The molecule has 1 N–H and O–H groups in total. The minimum atomic E-state index is -0.430. The molecule has 0 radical (unpaired) electrons. The Balaban J connectivity index is 3.55. The first-order valence-electron chi connectivity index (χ1n) is 4.95. The van der Waals surface area contributed by atoms with Crippen molar-refractivity contribution < 1.29 is 14.3 Å². The van der Waals surface area contributed by atoms with Gasteiger partial charge in [0.2, 0.25) is 0 Å². The number of hydrogen-bond acceptors (Lipinski definition) is 3. The first kappa shape index (κ1) is 15.0. The number of nitrogens with one attached hydrogen (secondary N) is 1. The third-order valence-corrected chi connectivity index (χ3v) is 2.46. The van der Waals surface area contributed by atoms with Crippen LogP contribution < -0.4 is 5.32 Å². The minimum absolute atomic E-state index is 0.358. The molecule has 0 aliphatic heterocycles. The Morgan fingerprint density at radius 3 is 2.53 bits per heavy atom. The van der Waals surface area contributed by atoms with Crippen molar-refractivity contribution in [2.24, 2.45) is 0 Å². The zero-order valence-electron chi connectivity index (χ0n) is 9.80. The van der Waals surface area contributed by atoms with Crippen molar-refractivity contribution in [3.05, 3.63) is 0 Å². The average Bonchev–Trinajstić information content (AvgIpc) is 2.00. The number of carbonyl (C=O) groups excluding carboxylic acids is 1. The fourth-order valence-corrected chi connectivity index (χ4v) is 1.58. The molecule has 0 aliphatic carbocycles. The molecule has 0 spiro atoms. The van der Waals surface area contributed by atoms with Crippen molar-refractivity contribution in [1.29, 1.82) is 0 Å². The van der Waals surface area contributed by atoms with Gasteiger partial charge in [-0.1, -0.05) is 22.6 Å². The zero-order valence-corrected chi connectivity index (χ0v) is 12.0. The molecule has 0 aromatic rings. The lowest BCUT2D eigenvalue weighted by Crippen LogP contribution is -2.33. The van der Waals surface area contributed by atoms with E-state index in [0.717, 1.165) is 6.42 Å². The Bertz CT molecular complexity index is 192. The van der Waals surface area contributed by atoms with Crippen LogP contribution in [0.3, 0.4) is 0 Å². The number of halogens is 1. The van der Waals surface area contributed by atoms with Crippen molar-refractivity contribution >= 4 is 28.7 Å². The number of amides is 1. The van der Waals surface area contributed by atoms with E-state index < -0.39 is 5.60 Å². The summed E-state index contributed by atoms with van der Waals surface area (Å²) in [5, 5.41) is 2.71. The van der Waals surface area contributed by atoms with Crippen molar-refractivity contribution in [1.82, 2.24) is 5.32 Å². The van der Waals surface area contributed by atoms with Crippen LogP contribution in [-0.4, -0.2) is 35.9 Å². The van der Waals surface area contributed by atoms with Crippen LogP contribution in [0.1, 0.15) is 27.2 Å². The van der Waals surface area contributed by atoms with Gasteiger partial charge in [-0.05, 0) is 27.2 Å². The number of hydrogen-bond donors (Lipinski definition) is 1. The minimum Gasteiger partial charge on any atom is -0.444 e. The van der Waals surface area contributed by atoms with E-state index in [1.807, 2.05) is 20.8 Å². The van der Waals surface area contributed by atoms with Crippen LogP contribution in [0.25, 0.3) is 0 Å². The molecule has 0 saturated carbocycles. The number of alkyl carbamates (subject to hydrolysis) is 1. The second-order valence-corrected chi connectivity index (χ2v) is 6.03. The maximum Gasteiger partial charge on any atom is 0.407 e. The lowest BCUT2D eigenvalue weighted by Gasteiger charge is -2.20. The molecule has 4 nitrogen and oxygen atoms in total. The molecule has 15 heavy (non-hydrogen) atoms. The standard InChI is InChI=1S/C10H20INO3/c1-10(2,3)15-9(13)12-6-5-8(11)7-14-4/h8H,5-7H2,1-4H3,(H,12,13)/t8-/m0/s1.